The third-order valence-corrected chi connectivity index (χ3v) is 9.84. The van der Waals surface area contributed by atoms with Crippen molar-refractivity contribution in [2.75, 3.05) is 35.8 Å². The SMILES string of the molecule is CC(C)(OC(=O)Nc1ccc2c(c1)N(S(=O)(=O)c1ccc(F)cc1)C[C@H](CNS(=O)(=O)N1CCCC1)O2)C(F)(F)F. The van der Waals surface area contributed by atoms with Crippen LogP contribution in [0.3, 0.4) is 0 Å². The zero-order valence-corrected chi connectivity index (χ0v) is 23.6. The molecule has 2 N–H and O–H groups in total. The summed E-state index contributed by atoms with van der Waals surface area (Å²) in [4.78, 5) is 11.9. The van der Waals surface area contributed by atoms with E-state index in [0.717, 1.165) is 47.5 Å². The molecule has 2 aromatic rings. The summed E-state index contributed by atoms with van der Waals surface area (Å²) in [6, 6.07) is 7.67. The van der Waals surface area contributed by atoms with Gasteiger partial charge in [0.2, 0.25) is 5.60 Å². The smallest absolute Gasteiger partial charge is 0.427 e. The van der Waals surface area contributed by atoms with Crippen molar-refractivity contribution in [2.45, 2.75) is 49.5 Å². The number of sulfonamides is 1. The van der Waals surface area contributed by atoms with Gasteiger partial charge in [-0.15, -0.1) is 0 Å². The minimum absolute atomic E-state index is 0.0122. The molecular weight excluding hydrogens is 596 g/mol. The van der Waals surface area contributed by atoms with E-state index in [-0.39, 0.29) is 35.1 Å². The Bertz CT molecular complexity index is 1490. The topological polar surface area (TPSA) is 134 Å². The van der Waals surface area contributed by atoms with Gasteiger partial charge in [0, 0.05) is 18.8 Å². The number of nitrogens with one attached hydrogen (secondary N) is 2. The normalized spacial score (nSPS) is 18.5. The van der Waals surface area contributed by atoms with Crippen molar-refractivity contribution in [3.63, 3.8) is 0 Å². The second-order valence-corrected chi connectivity index (χ2v) is 13.5. The maximum Gasteiger partial charge on any atom is 0.427 e. The predicted octanol–water partition coefficient (Wildman–Crippen LogP) is 3.60. The fourth-order valence-corrected chi connectivity index (χ4v) is 6.93. The molecule has 41 heavy (non-hydrogen) atoms. The molecule has 11 nitrogen and oxygen atoms in total. The van der Waals surface area contributed by atoms with E-state index in [1.807, 2.05) is 0 Å². The standard InChI is InChI=1S/C24H28F4N4O7S2/c1-23(2,24(26,27)28)39-22(33)30-17-7-10-21-20(13-17)32(40(34,35)19-8-5-16(25)6-9-19)15-18(38-21)14-29-41(36,37)31-11-3-4-12-31/h5-10,13,18,29H,3-4,11-12,14-15H2,1-2H3,(H,30,33)/t18-/m0/s1. The number of carbonyl (C=O) groups is 1. The number of carbonyl (C=O) groups excluding carboxylic acids is 1. The number of amides is 1. The van der Waals surface area contributed by atoms with Crippen LogP contribution in [0.2, 0.25) is 0 Å². The van der Waals surface area contributed by atoms with Gasteiger partial charge in [-0.3, -0.25) is 9.62 Å². The van der Waals surface area contributed by atoms with Crippen LogP contribution < -0.4 is 19.1 Å². The van der Waals surface area contributed by atoms with Gasteiger partial charge in [0.1, 0.15) is 17.7 Å². The van der Waals surface area contributed by atoms with E-state index < -0.39 is 50.0 Å². The highest BCUT2D eigenvalue weighted by atomic mass is 32.2. The Morgan fingerprint density at radius 3 is 2.29 bits per heavy atom. The first-order valence-electron chi connectivity index (χ1n) is 12.4. The van der Waals surface area contributed by atoms with E-state index in [1.165, 1.54) is 16.4 Å². The largest absolute Gasteiger partial charge is 0.485 e. The number of rotatable bonds is 8. The summed E-state index contributed by atoms with van der Waals surface area (Å²) in [5.74, 6) is -0.686. The molecule has 4 rings (SSSR count). The average molecular weight is 625 g/mol. The monoisotopic (exact) mass is 624 g/mol. The quantitative estimate of drug-likeness (QED) is 0.429. The van der Waals surface area contributed by atoms with Crippen LogP contribution in [-0.2, 0) is 25.0 Å². The van der Waals surface area contributed by atoms with E-state index in [9.17, 15) is 39.2 Å². The number of nitrogens with zero attached hydrogens (tertiary/aromatic N) is 2. The van der Waals surface area contributed by atoms with Crippen molar-refractivity contribution in [3.05, 3.63) is 48.3 Å². The summed E-state index contributed by atoms with van der Waals surface area (Å²) in [5, 5.41) is 2.14. The van der Waals surface area contributed by atoms with Crippen molar-refractivity contribution in [1.29, 1.82) is 0 Å². The highest BCUT2D eigenvalue weighted by molar-refractivity contribution is 7.92. The number of hydrogen-bond donors (Lipinski definition) is 2. The minimum Gasteiger partial charge on any atom is -0.485 e. The Morgan fingerprint density at radius 1 is 1.05 bits per heavy atom. The summed E-state index contributed by atoms with van der Waals surface area (Å²) >= 11 is 0. The predicted molar refractivity (Wildman–Crippen MR) is 140 cm³/mol. The number of hydrogen-bond acceptors (Lipinski definition) is 7. The molecule has 0 saturated carbocycles. The van der Waals surface area contributed by atoms with Crippen LogP contribution in [0.5, 0.6) is 5.75 Å². The van der Waals surface area contributed by atoms with Crippen LogP contribution >= 0.6 is 0 Å². The summed E-state index contributed by atoms with van der Waals surface area (Å²) in [6.07, 6.45) is -5.85. The van der Waals surface area contributed by atoms with Crippen LogP contribution in [0.25, 0.3) is 0 Å². The first-order valence-corrected chi connectivity index (χ1v) is 15.3. The Hall–Kier alpha value is -3.15. The lowest BCUT2D eigenvalue weighted by Crippen LogP contribution is -2.50. The number of alkyl halides is 3. The van der Waals surface area contributed by atoms with Crippen LogP contribution in [0.15, 0.2) is 47.4 Å². The molecule has 2 aromatic carbocycles. The molecule has 2 heterocycles. The lowest BCUT2D eigenvalue weighted by atomic mass is 10.1. The highest BCUT2D eigenvalue weighted by Crippen LogP contribution is 2.39. The maximum absolute atomic E-state index is 13.6. The molecule has 0 radical (unpaired) electrons. The van der Waals surface area contributed by atoms with Crippen molar-refractivity contribution < 1.29 is 48.7 Å². The van der Waals surface area contributed by atoms with Gasteiger partial charge in [0.15, 0.2) is 0 Å². The molecule has 1 saturated heterocycles. The molecule has 0 aromatic heterocycles. The zero-order valence-electron chi connectivity index (χ0n) is 21.9. The summed E-state index contributed by atoms with van der Waals surface area (Å²) in [6.45, 7) is 1.38. The third-order valence-electron chi connectivity index (χ3n) is 6.47. The fourth-order valence-electron chi connectivity index (χ4n) is 4.11. The average Bonchev–Trinajstić information content (AvgIpc) is 3.43. The minimum atomic E-state index is -4.85. The first kappa shape index (κ1) is 30.8. The van der Waals surface area contributed by atoms with Crippen LogP contribution in [0.4, 0.5) is 33.7 Å². The van der Waals surface area contributed by atoms with Crippen molar-refractivity contribution >= 4 is 37.7 Å². The van der Waals surface area contributed by atoms with Crippen molar-refractivity contribution in [1.82, 2.24) is 9.03 Å². The highest BCUT2D eigenvalue weighted by Gasteiger charge is 2.51. The van der Waals surface area contributed by atoms with E-state index in [0.29, 0.717) is 26.9 Å². The van der Waals surface area contributed by atoms with E-state index in [2.05, 4.69) is 14.8 Å². The lowest BCUT2D eigenvalue weighted by Gasteiger charge is -2.36. The molecule has 1 fully saturated rings. The van der Waals surface area contributed by atoms with E-state index >= 15 is 0 Å². The van der Waals surface area contributed by atoms with Crippen molar-refractivity contribution in [2.24, 2.45) is 0 Å². The Kier molecular flexibility index (Phi) is 8.46. The van der Waals surface area contributed by atoms with Crippen LogP contribution in [0.1, 0.15) is 26.7 Å². The Morgan fingerprint density at radius 2 is 1.68 bits per heavy atom. The van der Waals surface area contributed by atoms with Gasteiger partial charge < -0.3 is 9.47 Å². The third kappa shape index (κ3) is 6.85. The molecule has 1 atom stereocenters. The summed E-state index contributed by atoms with van der Waals surface area (Å²) < 4.78 is 120. The summed E-state index contributed by atoms with van der Waals surface area (Å²) in [7, 11) is -8.22. The molecule has 2 aliphatic heterocycles. The van der Waals surface area contributed by atoms with Crippen LogP contribution in [-0.4, -0.2) is 71.3 Å². The van der Waals surface area contributed by atoms with E-state index in [4.69, 9.17) is 4.74 Å². The molecule has 2 aliphatic rings. The molecule has 0 spiro atoms. The van der Waals surface area contributed by atoms with Crippen LogP contribution in [0, 0.1) is 5.82 Å². The lowest BCUT2D eigenvalue weighted by molar-refractivity contribution is -0.242. The number of benzene rings is 2. The van der Waals surface area contributed by atoms with Gasteiger partial charge in [-0.1, -0.05) is 0 Å². The maximum atomic E-state index is 13.6. The molecule has 0 unspecified atom stereocenters. The van der Waals surface area contributed by atoms with Gasteiger partial charge in [-0.05, 0) is 69.2 Å². The second kappa shape index (κ2) is 11.3. The van der Waals surface area contributed by atoms with Gasteiger partial charge in [-0.2, -0.15) is 30.6 Å². The molecule has 17 heteroatoms. The second-order valence-electron chi connectivity index (χ2n) is 9.89. The van der Waals surface area contributed by atoms with Gasteiger partial charge >= 0.3 is 12.3 Å². The fraction of sp³-hybridized carbons (Fsp3) is 0.458. The van der Waals surface area contributed by atoms with E-state index in [1.54, 1.807) is 0 Å². The first-order chi connectivity index (χ1) is 19.0. The molecule has 0 aliphatic carbocycles. The van der Waals surface area contributed by atoms with Gasteiger partial charge in [-0.25, -0.2) is 17.6 Å². The molecule has 0 bridgehead atoms. The van der Waals surface area contributed by atoms with Gasteiger partial charge in [0.05, 0.1) is 23.7 Å². The van der Waals surface area contributed by atoms with Crippen molar-refractivity contribution in [3.8, 4) is 5.75 Å². The number of ether oxygens (including phenoxy) is 2. The number of fused-ring (bicyclic) bond motifs is 1. The Balaban J connectivity index is 1.62. The summed E-state index contributed by atoms with van der Waals surface area (Å²) in [5.41, 5.74) is -3.01. The molecule has 226 valence electrons. The molecular formula is C24H28F4N4O7S2. The van der Waals surface area contributed by atoms with Gasteiger partial charge in [0.25, 0.3) is 20.2 Å². The Labute approximate surface area is 234 Å². The molecule has 1 amide bonds. The number of halogens is 4. The number of anilines is 2. The zero-order chi connectivity index (χ0) is 30.2.